The van der Waals surface area contributed by atoms with Crippen LogP contribution in [-0.2, 0) is 0 Å². The predicted octanol–water partition coefficient (Wildman–Crippen LogP) is 4.12. The maximum absolute atomic E-state index is 13.6. The molecule has 2 rings (SSSR count). The van der Waals surface area contributed by atoms with Gasteiger partial charge in [0.05, 0.1) is 6.04 Å². The van der Waals surface area contributed by atoms with E-state index in [4.69, 9.17) is 4.42 Å². The molecule has 0 aliphatic carbocycles. The zero-order valence-electron chi connectivity index (χ0n) is 11.7. The van der Waals surface area contributed by atoms with Crippen LogP contribution in [0.5, 0.6) is 0 Å². The largest absolute Gasteiger partial charge is 0.464 e. The summed E-state index contributed by atoms with van der Waals surface area (Å²) in [6.45, 7) is 6.78. The summed E-state index contributed by atoms with van der Waals surface area (Å²) in [4.78, 5) is 0. The van der Waals surface area contributed by atoms with E-state index in [1.54, 1.807) is 6.07 Å². The van der Waals surface area contributed by atoms with Crippen molar-refractivity contribution in [2.75, 3.05) is 6.54 Å². The van der Waals surface area contributed by atoms with Crippen molar-refractivity contribution in [2.24, 2.45) is 0 Å². The van der Waals surface area contributed by atoms with Crippen LogP contribution in [0.1, 0.15) is 42.0 Å². The lowest BCUT2D eigenvalue weighted by Gasteiger charge is -2.17. The fourth-order valence-corrected chi connectivity index (χ4v) is 2.21. The monoisotopic (exact) mass is 261 g/mol. The molecule has 102 valence electrons. The smallest absolute Gasteiger partial charge is 0.125 e. The Bertz CT molecular complexity index is 527. The molecule has 0 bridgehead atoms. The van der Waals surface area contributed by atoms with E-state index in [0.717, 1.165) is 35.6 Å². The molecule has 1 N–H and O–H groups in total. The highest BCUT2D eigenvalue weighted by Gasteiger charge is 2.17. The van der Waals surface area contributed by atoms with Gasteiger partial charge in [0, 0.05) is 0 Å². The van der Waals surface area contributed by atoms with Gasteiger partial charge in [-0.25, -0.2) is 4.39 Å². The molecule has 1 unspecified atom stereocenters. The van der Waals surface area contributed by atoms with Gasteiger partial charge in [0.15, 0.2) is 0 Å². The number of benzene rings is 1. The molecule has 0 saturated heterocycles. The molecule has 0 aliphatic rings. The Morgan fingerprint density at radius 2 is 2.00 bits per heavy atom. The average Bonchev–Trinajstić information content (AvgIpc) is 2.75. The van der Waals surface area contributed by atoms with Gasteiger partial charge in [0.2, 0.25) is 0 Å². The molecule has 0 aliphatic heterocycles. The van der Waals surface area contributed by atoms with Gasteiger partial charge in [-0.1, -0.05) is 13.0 Å². The van der Waals surface area contributed by atoms with Crippen molar-refractivity contribution in [1.29, 1.82) is 0 Å². The highest BCUT2D eigenvalue weighted by atomic mass is 19.1. The van der Waals surface area contributed by atoms with Crippen molar-refractivity contribution in [2.45, 2.75) is 33.2 Å². The number of furan rings is 1. The van der Waals surface area contributed by atoms with Crippen LogP contribution in [0.15, 0.2) is 34.7 Å². The van der Waals surface area contributed by atoms with Gasteiger partial charge in [-0.2, -0.15) is 0 Å². The first-order valence-electron chi connectivity index (χ1n) is 6.67. The molecule has 0 radical (unpaired) electrons. The summed E-state index contributed by atoms with van der Waals surface area (Å²) in [6.07, 6.45) is 1.02. The number of aryl methyl sites for hydroxylation is 2. The third kappa shape index (κ3) is 3.44. The van der Waals surface area contributed by atoms with Crippen LogP contribution in [-0.4, -0.2) is 6.54 Å². The van der Waals surface area contributed by atoms with Crippen molar-refractivity contribution in [3.05, 3.63) is 58.8 Å². The van der Waals surface area contributed by atoms with Gasteiger partial charge in [0.25, 0.3) is 0 Å². The molecule has 2 nitrogen and oxygen atoms in total. The van der Waals surface area contributed by atoms with Gasteiger partial charge < -0.3 is 9.73 Å². The van der Waals surface area contributed by atoms with Crippen LogP contribution in [0, 0.1) is 19.7 Å². The third-order valence-electron chi connectivity index (χ3n) is 3.04. The molecule has 0 spiro atoms. The Labute approximate surface area is 113 Å². The maximum Gasteiger partial charge on any atom is 0.125 e. The number of hydrogen-bond acceptors (Lipinski definition) is 2. The molecule has 1 aromatic heterocycles. The van der Waals surface area contributed by atoms with E-state index in [2.05, 4.69) is 12.2 Å². The van der Waals surface area contributed by atoms with Gasteiger partial charge in [-0.15, -0.1) is 0 Å². The molecule has 1 heterocycles. The number of rotatable bonds is 5. The van der Waals surface area contributed by atoms with Crippen LogP contribution < -0.4 is 5.32 Å². The van der Waals surface area contributed by atoms with Crippen LogP contribution in [0.2, 0.25) is 0 Å². The van der Waals surface area contributed by atoms with Gasteiger partial charge in [-0.3, -0.25) is 0 Å². The lowest BCUT2D eigenvalue weighted by atomic mass is 10.0. The van der Waals surface area contributed by atoms with Crippen LogP contribution in [0.4, 0.5) is 4.39 Å². The van der Waals surface area contributed by atoms with E-state index in [9.17, 15) is 4.39 Å². The summed E-state index contributed by atoms with van der Waals surface area (Å²) in [6, 6.07) is 8.88. The summed E-state index contributed by atoms with van der Waals surface area (Å²) < 4.78 is 19.3. The summed E-state index contributed by atoms with van der Waals surface area (Å²) in [5.74, 6) is 1.49. The van der Waals surface area contributed by atoms with Crippen molar-refractivity contribution in [1.82, 2.24) is 5.32 Å². The molecule has 0 amide bonds. The Balaban J connectivity index is 2.36. The predicted molar refractivity (Wildman–Crippen MR) is 74.7 cm³/mol. The SMILES string of the molecule is CCCNC(c1cc(C)cc(F)c1)c1ccc(C)o1. The van der Waals surface area contributed by atoms with E-state index in [-0.39, 0.29) is 11.9 Å². The Hall–Kier alpha value is -1.61. The van der Waals surface area contributed by atoms with Crippen LogP contribution >= 0.6 is 0 Å². The minimum Gasteiger partial charge on any atom is -0.464 e. The second-order valence-electron chi connectivity index (χ2n) is 4.90. The highest BCUT2D eigenvalue weighted by Crippen LogP contribution is 2.25. The lowest BCUT2D eigenvalue weighted by Crippen LogP contribution is -2.23. The Morgan fingerprint density at radius 3 is 2.58 bits per heavy atom. The van der Waals surface area contributed by atoms with E-state index in [0.29, 0.717) is 0 Å². The van der Waals surface area contributed by atoms with E-state index >= 15 is 0 Å². The summed E-state index contributed by atoms with van der Waals surface area (Å²) >= 11 is 0. The quantitative estimate of drug-likeness (QED) is 0.875. The molecule has 1 atom stereocenters. The van der Waals surface area contributed by atoms with Crippen molar-refractivity contribution in [3.63, 3.8) is 0 Å². The average molecular weight is 261 g/mol. The first-order valence-corrected chi connectivity index (χ1v) is 6.67. The Kier molecular flexibility index (Phi) is 4.38. The van der Waals surface area contributed by atoms with E-state index in [1.807, 2.05) is 32.0 Å². The zero-order chi connectivity index (χ0) is 13.8. The van der Waals surface area contributed by atoms with Crippen molar-refractivity contribution < 1.29 is 8.81 Å². The number of halogens is 1. The highest BCUT2D eigenvalue weighted by molar-refractivity contribution is 5.31. The molecular formula is C16H20FNO. The van der Waals surface area contributed by atoms with E-state index in [1.165, 1.54) is 6.07 Å². The summed E-state index contributed by atoms with van der Waals surface area (Å²) in [5, 5.41) is 3.41. The van der Waals surface area contributed by atoms with Gasteiger partial charge >= 0.3 is 0 Å². The van der Waals surface area contributed by atoms with E-state index < -0.39 is 0 Å². The van der Waals surface area contributed by atoms with Gasteiger partial charge in [-0.05, 0) is 62.2 Å². The first kappa shape index (κ1) is 13.8. The zero-order valence-corrected chi connectivity index (χ0v) is 11.7. The molecule has 2 aromatic rings. The molecule has 3 heteroatoms. The van der Waals surface area contributed by atoms with Crippen molar-refractivity contribution in [3.8, 4) is 0 Å². The topological polar surface area (TPSA) is 25.2 Å². The molecule has 0 saturated carbocycles. The van der Waals surface area contributed by atoms with Crippen molar-refractivity contribution >= 4 is 0 Å². The molecular weight excluding hydrogens is 241 g/mol. The standard InChI is InChI=1S/C16H20FNO/c1-4-7-18-16(15-6-5-12(3)19-15)13-8-11(2)9-14(17)10-13/h5-6,8-10,16,18H,4,7H2,1-3H3. The molecule has 1 aromatic carbocycles. The maximum atomic E-state index is 13.6. The molecule has 19 heavy (non-hydrogen) atoms. The van der Waals surface area contributed by atoms with Gasteiger partial charge in [0.1, 0.15) is 17.3 Å². The Morgan fingerprint density at radius 1 is 1.21 bits per heavy atom. The second-order valence-corrected chi connectivity index (χ2v) is 4.90. The number of nitrogens with one attached hydrogen (secondary N) is 1. The summed E-state index contributed by atoms with van der Waals surface area (Å²) in [7, 11) is 0. The third-order valence-corrected chi connectivity index (χ3v) is 3.04. The molecule has 0 fully saturated rings. The minimum absolute atomic E-state index is 0.0944. The fraction of sp³-hybridized carbons (Fsp3) is 0.375. The van der Waals surface area contributed by atoms with Crippen LogP contribution in [0.25, 0.3) is 0 Å². The summed E-state index contributed by atoms with van der Waals surface area (Å²) in [5.41, 5.74) is 1.82. The first-order chi connectivity index (χ1) is 9.10. The number of hydrogen-bond donors (Lipinski definition) is 1. The lowest BCUT2D eigenvalue weighted by molar-refractivity contribution is 0.429. The van der Waals surface area contributed by atoms with Crippen LogP contribution in [0.3, 0.4) is 0 Å². The minimum atomic E-state index is -0.207. The normalized spacial score (nSPS) is 12.6. The second kappa shape index (κ2) is 6.02. The fourth-order valence-electron chi connectivity index (χ4n) is 2.21.